The van der Waals surface area contributed by atoms with Crippen molar-refractivity contribution in [1.29, 1.82) is 0 Å². The second kappa shape index (κ2) is 11.8. The summed E-state index contributed by atoms with van der Waals surface area (Å²) in [4.78, 5) is 27.4. The zero-order valence-electron chi connectivity index (χ0n) is 23.3. The van der Waals surface area contributed by atoms with E-state index in [1.165, 1.54) is 29.8 Å². The Morgan fingerprint density at radius 1 is 0.925 bits per heavy atom. The fourth-order valence-corrected chi connectivity index (χ4v) is 5.77. The number of piperidine rings is 1. The van der Waals surface area contributed by atoms with Crippen LogP contribution in [0.2, 0.25) is 0 Å². The molecule has 0 radical (unpaired) electrons. The molecule has 5 rings (SSSR count). The van der Waals surface area contributed by atoms with Crippen molar-refractivity contribution in [3.05, 3.63) is 95.2 Å². The maximum Gasteiger partial charge on any atom is 0.265 e. The summed E-state index contributed by atoms with van der Waals surface area (Å²) in [6.07, 6.45) is 4.97. The number of carbonyl (C=O) groups excluding carboxylic acids is 1. The van der Waals surface area contributed by atoms with Gasteiger partial charge in [0.2, 0.25) is 5.88 Å². The third-order valence-electron chi connectivity index (χ3n) is 7.83. The smallest absolute Gasteiger partial charge is 0.265 e. The van der Waals surface area contributed by atoms with Crippen molar-refractivity contribution in [2.75, 3.05) is 26.2 Å². The van der Waals surface area contributed by atoms with Gasteiger partial charge in [0.05, 0.1) is 6.10 Å². The van der Waals surface area contributed by atoms with Crippen LogP contribution < -0.4 is 4.74 Å². The topological polar surface area (TPSA) is 58.0 Å². The van der Waals surface area contributed by atoms with Gasteiger partial charge in [-0.1, -0.05) is 30.3 Å². The number of likely N-dealkylation sites (tertiary alicyclic amines) is 1. The zero-order chi connectivity index (χ0) is 28.3. The van der Waals surface area contributed by atoms with Gasteiger partial charge >= 0.3 is 0 Å². The van der Waals surface area contributed by atoms with Gasteiger partial charge in [-0.2, -0.15) is 0 Å². The quantitative estimate of drug-likeness (QED) is 0.334. The first kappa shape index (κ1) is 27.9. The minimum Gasteiger partial charge on any atom is -0.475 e. The Balaban J connectivity index is 1.20. The van der Waals surface area contributed by atoms with Crippen LogP contribution >= 0.6 is 0 Å². The van der Waals surface area contributed by atoms with E-state index in [0.29, 0.717) is 35.3 Å². The lowest BCUT2D eigenvalue weighted by molar-refractivity contribution is -0.130. The fourth-order valence-electron chi connectivity index (χ4n) is 5.77. The highest BCUT2D eigenvalue weighted by molar-refractivity contribution is 6.09. The number of aliphatic imine (C=N–C) groups is 1. The molecule has 1 saturated heterocycles. The van der Waals surface area contributed by atoms with Crippen LogP contribution in [0, 0.1) is 11.6 Å². The normalized spacial score (nSPS) is 17.9. The number of carbonyl (C=O) groups is 1. The predicted octanol–water partition coefficient (Wildman–Crippen LogP) is 5.92. The third-order valence-corrected chi connectivity index (χ3v) is 7.83. The standard InChI is InChI=1S/C32H36F2N4O2/c1-22(2)40-30-14-5-25(21-35-30)24-15-19-37(20-16-24)17-4-18-38-23(3)36-32(31(38)39,26-6-10-28(33)11-7-26)27-8-12-29(34)13-9-27/h5-14,21-22,24H,4,15-20H2,1-3H3. The molecule has 3 heterocycles. The van der Waals surface area contributed by atoms with Crippen molar-refractivity contribution in [2.45, 2.75) is 57.6 Å². The number of rotatable bonds is 9. The van der Waals surface area contributed by atoms with Crippen LogP contribution in [0.3, 0.4) is 0 Å². The summed E-state index contributed by atoms with van der Waals surface area (Å²) in [5, 5.41) is 0. The molecule has 0 atom stereocenters. The van der Waals surface area contributed by atoms with Crippen LogP contribution in [0.5, 0.6) is 5.88 Å². The SMILES string of the molecule is CC1=NC(c2ccc(F)cc2)(c2ccc(F)cc2)C(=O)N1CCCN1CCC(c2ccc(OC(C)C)nc2)CC1. The Labute approximate surface area is 234 Å². The van der Waals surface area contributed by atoms with Crippen LogP contribution in [-0.2, 0) is 10.3 Å². The number of hydrogen-bond acceptors (Lipinski definition) is 5. The number of pyridine rings is 1. The molecule has 0 aliphatic carbocycles. The van der Waals surface area contributed by atoms with E-state index in [4.69, 9.17) is 9.73 Å². The predicted molar refractivity (Wildman–Crippen MR) is 151 cm³/mol. The van der Waals surface area contributed by atoms with E-state index in [1.54, 1.807) is 29.2 Å². The number of amides is 1. The van der Waals surface area contributed by atoms with E-state index >= 15 is 0 Å². The molecule has 0 spiro atoms. The lowest BCUT2D eigenvalue weighted by Crippen LogP contribution is -2.43. The average Bonchev–Trinajstić information content (AvgIpc) is 3.20. The van der Waals surface area contributed by atoms with Crippen LogP contribution in [-0.4, -0.2) is 58.8 Å². The first-order chi connectivity index (χ1) is 19.3. The Hall–Kier alpha value is -3.65. The summed E-state index contributed by atoms with van der Waals surface area (Å²) < 4.78 is 33.1. The Bertz CT molecular complexity index is 1290. The molecular formula is C32H36F2N4O2. The monoisotopic (exact) mass is 546 g/mol. The highest BCUT2D eigenvalue weighted by Crippen LogP contribution is 2.40. The number of benzene rings is 2. The molecule has 8 heteroatoms. The summed E-state index contributed by atoms with van der Waals surface area (Å²) in [6.45, 7) is 9.20. The zero-order valence-corrected chi connectivity index (χ0v) is 23.3. The van der Waals surface area contributed by atoms with Crippen molar-refractivity contribution < 1.29 is 18.3 Å². The van der Waals surface area contributed by atoms with E-state index < -0.39 is 17.2 Å². The number of aromatic nitrogens is 1. The van der Waals surface area contributed by atoms with Crippen molar-refractivity contribution >= 4 is 11.7 Å². The highest BCUT2D eigenvalue weighted by atomic mass is 19.1. The molecule has 0 unspecified atom stereocenters. The number of nitrogens with zero attached hydrogens (tertiary/aromatic N) is 4. The van der Waals surface area contributed by atoms with Crippen LogP contribution in [0.15, 0.2) is 71.9 Å². The molecule has 2 aliphatic heterocycles. The van der Waals surface area contributed by atoms with Gasteiger partial charge in [0, 0.05) is 18.8 Å². The van der Waals surface area contributed by atoms with Gasteiger partial charge in [-0.3, -0.25) is 9.69 Å². The van der Waals surface area contributed by atoms with Gasteiger partial charge in [0.15, 0.2) is 5.54 Å². The summed E-state index contributed by atoms with van der Waals surface area (Å²) in [6, 6.07) is 15.7. The Morgan fingerprint density at radius 3 is 2.05 bits per heavy atom. The van der Waals surface area contributed by atoms with Crippen molar-refractivity contribution in [3.8, 4) is 5.88 Å². The van der Waals surface area contributed by atoms with E-state index in [-0.39, 0.29) is 12.0 Å². The van der Waals surface area contributed by atoms with E-state index in [2.05, 4.69) is 16.0 Å². The molecule has 1 amide bonds. The first-order valence-corrected chi connectivity index (χ1v) is 14.0. The summed E-state index contributed by atoms with van der Waals surface area (Å²) in [7, 11) is 0. The molecule has 2 aromatic carbocycles. The van der Waals surface area contributed by atoms with Gasteiger partial charge in [0.1, 0.15) is 17.5 Å². The van der Waals surface area contributed by atoms with Crippen molar-refractivity contribution in [3.63, 3.8) is 0 Å². The Morgan fingerprint density at radius 2 is 1.52 bits per heavy atom. The number of halogens is 2. The molecule has 1 fully saturated rings. The maximum atomic E-state index is 14.0. The van der Waals surface area contributed by atoms with Gasteiger partial charge in [0.25, 0.3) is 5.91 Å². The van der Waals surface area contributed by atoms with E-state index in [1.807, 2.05) is 33.0 Å². The molecule has 40 heavy (non-hydrogen) atoms. The molecule has 210 valence electrons. The van der Waals surface area contributed by atoms with Crippen LogP contribution in [0.25, 0.3) is 0 Å². The molecule has 3 aromatic rings. The van der Waals surface area contributed by atoms with E-state index in [9.17, 15) is 13.6 Å². The maximum absolute atomic E-state index is 14.0. The Kier molecular flexibility index (Phi) is 8.26. The number of ether oxygens (including phenoxy) is 1. The number of hydrogen-bond donors (Lipinski definition) is 0. The van der Waals surface area contributed by atoms with Gasteiger partial charge in [-0.05, 0) is 107 Å². The molecule has 0 bridgehead atoms. The minimum atomic E-state index is -1.35. The molecule has 6 nitrogen and oxygen atoms in total. The molecule has 0 N–H and O–H groups in total. The second-order valence-corrected chi connectivity index (χ2v) is 10.9. The van der Waals surface area contributed by atoms with Crippen molar-refractivity contribution in [1.82, 2.24) is 14.8 Å². The van der Waals surface area contributed by atoms with Crippen LogP contribution in [0.4, 0.5) is 8.78 Å². The minimum absolute atomic E-state index is 0.106. The highest BCUT2D eigenvalue weighted by Gasteiger charge is 2.49. The number of amidine groups is 1. The molecule has 2 aliphatic rings. The molecule has 1 aromatic heterocycles. The van der Waals surface area contributed by atoms with Gasteiger partial charge < -0.3 is 9.64 Å². The van der Waals surface area contributed by atoms with E-state index in [0.717, 1.165) is 38.9 Å². The molecule has 0 saturated carbocycles. The lowest BCUT2D eigenvalue weighted by Gasteiger charge is -2.32. The fraction of sp³-hybridized carbons (Fsp3) is 0.406. The van der Waals surface area contributed by atoms with Crippen LogP contribution in [0.1, 0.15) is 62.6 Å². The second-order valence-electron chi connectivity index (χ2n) is 10.9. The summed E-state index contributed by atoms with van der Waals surface area (Å²) in [5.41, 5.74) is 1.02. The average molecular weight is 547 g/mol. The van der Waals surface area contributed by atoms with Crippen molar-refractivity contribution in [2.24, 2.45) is 4.99 Å². The lowest BCUT2D eigenvalue weighted by atomic mass is 9.82. The summed E-state index contributed by atoms with van der Waals surface area (Å²) in [5.74, 6) is 0.776. The van der Waals surface area contributed by atoms with Gasteiger partial charge in [-0.15, -0.1) is 0 Å². The van der Waals surface area contributed by atoms with Gasteiger partial charge in [-0.25, -0.2) is 18.8 Å². The molecular weight excluding hydrogens is 510 g/mol. The summed E-state index contributed by atoms with van der Waals surface area (Å²) >= 11 is 0. The largest absolute Gasteiger partial charge is 0.475 e. The first-order valence-electron chi connectivity index (χ1n) is 14.0. The third kappa shape index (κ3) is 5.77.